The lowest BCUT2D eigenvalue weighted by atomic mass is 10.1. The Kier molecular flexibility index (Phi) is 3.87. The molecule has 2 atom stereocenters. The van der Waals surface area contributed by atoms with Crippen LogP contribution < -0.4 is 10.5 Å². The van der Waals surface area contributed by atoms with E-state index in [4.69, 9.17) is 10.5 Å². The van der Waals surface area contributed by atoms with Crippen molar-refractivity contribution >= 4 is 5.91 Å². The summed E-state index contributed by atoms with van der Waals surface area (Å²) in [6, 6.07) is 7.37. The van der Waals surface area contributed by atoms with E-state index in [1.807, 2.05) is 36.1 Å². The fourth-order valence-electron chi connectivity index (χ4n) is 2.20. The van der Waals surface area contributed by atoms with Crippen LogP contribution in [0.25, 0.3) is 0 Å². The van der Waals surface area contributed by atoms with Crippen LogP contribution in [-0.2, 0) is 0 Å². The van der Waals surface area contributed by atoms with E-state index >= 15 is 0 Å². The van der Waals surface area contributed by atoms with Crippen molar-refractivity contribution in [1.29, 1.82) is 0 Å². The average molecular weight is 248 g/mol. The van der Waals surface area contributed by atoms with Gasteiger partial charge in [-0.3, -0.25) is 4.79 Å². The summed E-state index contributed by atoms with van der Waals surface area (Å²) in [7, 11) is 0. The molecule has 4 nitrogen and oxygen atoms in total. The number of carbonyl (C=O) groups excluding carboxylic acids is 1. The molecule has 2 rings (SSSR count). The number of likely N-dealkylation sites (tertiary alicyclic amines) is 1. The number of rotatable bonds is 3. The third kappa shape index (κ3) is 2.64. The maximum absolute atomic E-state index is 12.2. The van der Waals surface area contributed by atoms with Gasteiger partial charge in [-0.2, -0.15) is 0 Å². The van der Waals surface area contributed by atoms with Crippen LogP contribution in [0.15, 0.2) is 24.3 Å². The van der Waals surface area contributed by atoms with Gasteiger partial charge in [-0.1, -0.05) is 6.92 Å². The monoisotopic (exact) mass is 248 g/mol. The molecule has 1 heterocycles. The first kappa shape index (κ1) is 12.9. The molecule has 2 N–H and O–H groups in total. The molecule has 1 aliphatic rings. The highest BCUT2D eigenvalue weighted by atomic mass is 16.5. The summed E-state index contributed by atoms with van der Waals surface area (Å²) in [6.07, 6.45) is 0. The maximum atomic E-state index is 12.2. The molecule has 1 aromatic rings. The zero-order valence-corrected chi connectivity index (χ0v) is 10.9. The molecule has 0 spiro atoms. The molecule has 0 aliphatic carbocycles. The molecular weight excluding hydrogens is 228 g/mol. The number of ether oxygens (including phenoxy) is 1. The third-order valence-corrected chi connectivity index (χ3v) is 3.37. The minimum Gasteiger partial charge on any atom is -0.494 e. The van der Waals surface area contributed by atoms with Gasteiger partial charge in [-0.25, -0.2) is 0 Å². The predicted octanol–water partition coefficient (Wildman–Crippen LogP) is 1.50. The van der Waals surface area contributed by atoms with Gasteiger partial charge < -0.3 is 15.4 Å². The first-order chi connectivity index (χ1) is 8.61. The zero-order chi connectivity index (χ0) is 13.1. The largest absolute Gasteiger partial charge is 0.494 e. The van der Waals surface area contributed by atoms with Crippen LogP contribution in [0.4, 0.5) is 0 Å². The fraction of sp³-hybridized carbons (Fsp3) is 0.500. The van der Waals surface area contributed by atoms with Crippen molar-refractivity contribution in [3.8, 4) is 5.75 Å². The van der Waals surface area contributed by atoms with Crippen LogP contribution in [0.2, 0.25) is 0 Å². The number of nitrogens with two attached hydrogens (primary N) is 1. The van der Waals surface area contributed by atoms with Crippen LogP contribution >= 0.6 is 0 Å². The Hall–Kier alpha value is -1.55. The van der Waals surface area contributed by atoms with E-state index in [0.29, 0.717) is 24.6 Å². The van der Waals surface area contributed by atoms with Gasteiger partial charge in [0.1, 0.15) is 5.75 Å². The predicted molar refractivity (Wildman–Crippen MR) is 70.7 cm³/mol. The minimum atomic E-state index is 0.0536. The topological polar surface area (TPSA) is 55.6 Å². The van der Waals surface area contributed by atoms with E-state index in [2.05, 4.69) is 6.92 Å². The SMILES string of the molecule is CCOc1ccc(C(=O)N2CC(C)C(N)C2)cc1. The molecule has 0 aromatic heterocycles. The first-order valence-electron chi connectivity index (χ1n) is 6.39. The number of benzene rings is 1. The molecule has 1 amide bonds. The van der Waals surface area contributed by atoms with E-state index < -0.39 is 0 Å². The Morgan fingerprint density at radius 1 is 1.39 bits per heavy atom. The summed E-state index contributed by atoms with van der Waals surface area (Å²) in [5, 5.41) is 0. The second-order valence-electron chi connectivity index (χ2n) is 4.81. The van der Waals surface area contributed by atoms with Crippen molar-refractivity contribution in [1.82, 2.24) is 4.90 Å². The Morgan fingerprint density at radius 2 is 2.06 bits per heavy atom. The maximum Gasteiger partial charge on any atom is 0.253 e. The van der Waals surface area contributed by atoms with Crippen molar-refractivity contribution < 1.29 is 9.53 Å². The van der Waals surface area contributed by atoms with Gasteiger partial charge in [0, 0.05) is 24.7 Å². The number of nitrogens with zero attached hydrogens (tertiary/aromatic N) is 1. The van der Waals surface area contributed by atoms with E-state index in [-0.39, 0.29) is 11.9 Å². The highest BCUT2D eigenvalue weighted by Gasteiger charge is 2.30. The molecular formula is C14H20N2O2. The zero-order valence-electron chi connectivity index (χ0n) is 10.9. The highest BCUT2D eigenvalue weighted by molar-refractivity contribution is 5.94. The normalized spacial score (nSPS) is 23.2. The van der Waals surface area contributed by atoms with Crippen molar-refractivity contribution in [2.24, 2.45) is 11.7 Å². The van der Waals surface area contributed by atoms with Gasteiger partial charge in [0.05, 0.1) is 6.61 Å². The van der Waals surface area contributed by atoms with E-state index in [0.717, 1.165) is 12.3 Å². The molecule has 0 bridgehead atoms. The quantitative estimate of drug-likeness (QED) is 0.882. The van der Waals surface area contributed by atoms with Crippen LogP contribution in [0, 0.1) is 5.92 Å². The van der Waals surface area contributed by atoms with Crippen LogP contribution in [0.3, 0.4) is 0 Å². The number of hydrogen-bond acceptors (Lipinski definition) is 3. The summed E-state index contributed by atoms with van der Waals surface area (Å²) in [6.45, 7) is 6.04. The smallest absolute Gasteiger partial charge is 0.253 e. The van der Waals surface area contributed by atoms with Crippen molar-refractivity contribution in [3.63, 3.8) is 0 Å². The van der Waals surface area contributed by atoms with Crippen molar-refractivity contribution in [2.45, 2.75) is 19.9 Å². The molecule has 1 aliphatic heterocycles. The Balaban J connectivity index is 2.05. The molecule has 0 saturated carbocycles. The van der Waals surface area contributed by atoms with Crippen molar-refractivity contribution in [2.75, 3.05) is 19.7 Å². The average Bonchev–Trinajstić information content (AvgIpc) is 2.70. The van der Waals surface area contributed by atoms with Crippen molar-refractivity contribution in [3.05, 3.63) is 29.8 Å². The van der Waals surface area contributed by atoms with Crippen LogP contribution in [0.5, 0.6) is 5.75 Å². The Labute approximate surface area is 108 Å². The molecule has 2 unspecified atom stereocenters. The van der Waals surface area contributed by atoms with Gasteiger partial charge in [-0.15, -0.1) is 0 Å². The molecule has 18 heavy (non-hydrogen) atoms. The molecule has 0 radical (unpaired) electrons. The van der Waals surface area contributed by atoms with Gasteiger partial charge in [0.15, 0.2) is 0 Å². The second kappa shape index (κ2) is 5.40. The minimum absolute atomic E-state index is 0.0536. The van der Waals surface area contributed by atoms with Gasteiger partial charge in [-0.05, 0) is 37.1 Å². The van der Waals surface area contributed by atoms with E-state index in [1.54, 1.807) is 0 Å². The van der Waals surface area contributed by atoms with Gasteiger partial charge in [0.25, 0.3) is 5.91 Å². The summed E-state index contributed by atoms with van der Waals surface area (Å²) >= 11 is 0. The number of carbonyl (C=O) groups is 1. The highest BCUT2D eigenvalue weighted by Crippen LogP contribution is 2.19. The van der Waals surface area contributed by atoms with Gasteiger partial charge in [0.2, 0.25) is 0 Å². The molecule has 4 heteroatoms. The molecule has 1 saturated heterocycles. The Morgan fingerprint density at radius 3 is 2.56 bits per heavy atom. The molecule has 1 aromatic carbocycles. The standard InChI is InChI=1S/C14H20N2O2/c1-3-18-12-6-4-11(5-7-12)14(17)16-8-10(2)13(15)9-16/h4-7,10,13H,3,8-9,15H2,1-2H3. The first-order valence-corrected chi connectivity index (χ1v) is 6.39. The summed E-state index contributed by atoms with van der Waals surface area (Å²) in [5.74, 6) is 1.22. The molecule has 98 valence electrons. The van der Waals surface area contributed by atoms with E-state index in [9.17, 15) is 4.79 Å². The summed E-state index contributed by atoms with van der Waals surface area (Å²) in [5.41, 5.74) is 6.63. The lowest BCUT2D eigenvalue weighted by Crippen LogP contribution is -2.32. The fourth-order valence-corrected chi connectivity index (χ4v) is 2.20. The van der Waals surface area contributed by atoms with Crippen LogP contribution in [-0.4, -0.2) is 36.5 Å². The lowest BCUT2D eigenvalue weighted by molar-refractivity contribution is 0.0787. The lowest BCUT2D eigenvalue weighted by Gasteiger charge is -2.16. The molecule has 1 fully saturated rings. The second-order valence-corrected chi connectivity index (χ2v) is 4.81. The van der Waals surface area contributed by atoms with Crippen LogP contribution in [0.1, 0.15) is 24.2 Å². The third-order valence-electron chi connectivity index (χ3n) is 3.37. The van der Waals surface area contributed by atoms with Gasteiger partial charge >= 0.3 is 0 Å². The number of amides is 1. The Bertz CT molecular complexity index is 406. The number of hydrogen-bond donors (Lipinski definition) is 1. The summed E-state index contributed by atoms with van der Waals surface area (Å²) in [4.78, 5) is 14.1. The van der Waals surface area contributed by atoms with E-state index in [1.165, 1.54) is 0 Å². The summed E-state index contributed by atoms with van der Waals surface area (Å²) < 4.78 is 5.36.